The van der Waals surface area contributed by atoms with Crippen LogP contribution in [0.4, 0.5) is 0 Å². The van der Waals surface area contributed by atoms with Crippen molar-refractivity contribution in [1.29, 1.82) is 0 Å². The maximum Gasteiger partial charge on any atom is 0.339 e. The third-order valence-corrected chi connectivity index (χ3v) is 2.58. The van der Waals surface area contributed by atoms with E-state index in [0.29, 0.717) is 18.4 Å². The van der Waals surface area contributed by atoms with E-state index in [1.165, 1.54) is 7.11 Å². The number of esters is 1. The van der Waals surface area contributed by atoms with Crippen LogP contribution in [0.3, 0.4) is 0 Å². The monoisotopic (exact) mass is 234 g/mol. The fraction of sp³-hybridized carbons (Fsp3) is 0.333. The van der Waals surface area contributed by atoms with E-state index in [1.807, 2.05) is 10.5 Å². The number of nitrogens with zero attached hydrogens (tertiary/aromatic N) is 2. The zero-order chi connectivity index (χ0) is 12.3. The van der Waals surface area contributed by atoms with E-state index in [0.717, 1.165) is 11.3 Å². The smallest absolute Gasteiger partial charge is 0.339 e. The molecule has 0 spiro atoms. The number of aromatic nitrogens is 2. The van der Waals surface area contributed by atoms with Crippen LogP contribution in [0.1, 0.15) is 22.6 Å². The molecule has 0 amide bonds. The van der Waals surface area contributed by atoms with E-state index < -0.39 is 0 Å². The summed E-state index contributed by atoms with van der Waals surface area (Å²) < 4.78 is 6.52. The topological polar surface area (TPSA) is 63.8 Å². The molecule has 2 heterocycles. The molecule has 0 aliphatic rings. The summed E-state index contributed by atoms with van der Waals surface area (Å²) in [6, 6.07) is 3.53. The molecule has 0 unspecified atom stereocenters. The Labute approximate surface area is 98.7 Å². The first-order chi connectivity index (χ1) is 8.26. The minimum atomic E-state index is -0.367. The predicted molar refractivity (Wildman–Crippen MR) is 61.9 cm³/mol. The number of methoxy groups -OCH3 is 1. The van der Waals surface area contributed by atoms with Gasteiger partial charge in [-0.2, -0.15) is 0 Å². The number of aliphatic hydroxyl groups excluding tert-OH is 1. The average Bonchev–Trinajstić information content (AvgIpc) is 2.77. The lowest BCUT2D eigenvalue weighted by molar-refractivity contribution is 0.0600. The maximum atomic E-state index is 11.4. The highest BCUT2D eigenvalue weighted by molar-refractivity contribution is 5.89. The van der Waals surface area contributed by atoms with Crippen LogP contribution >= 0.6 is 0 Å². The Morgan fingerprint density at radius 2 is 2.35 bits per heavy atom. The van der Waals surface area contributed by atoms with Gasteiger partial charge in [-0.25, -0.2) is 9.78 Å². The summed E-state index contributed by atoms with van der Waals surface area (Å²) in [5.41, 5.74) is 1.41. The van der Waals surface area contributed by atoms with Crippen LogP contribution in [0.2, 0.25) is 0 Å². The summed E-state index contributed by atoms with van der Waals surface area (Å²) in [4.78, 5) is 15.7. The first-order valence-electron chi connectivity index (χ1n) is 5.41. The number of aryl methyl sites for hydroxylation is 1. The number of ether oxygens (including phenoxy) is 1. The molecule has 5 heteroatoms. The second-order valence-electron chi connectivity index (χ2n) is 3.71. The van der Waals surface area contributed by atoms with E-state index in [-0.39, 0.29) is 12.6 Å². The predicted octanol–water partition coefficient (Wildman–Crippen LogP) is 1.05. The fourth-order valence-electron chi connectivity index (χ4n) is 1.70. The first kappa shape index (κ1) is 11.6. The van der Waals surface area contributed by atoms with Gasteiger partial charge in [0.05, 0.1) is 24.4 Å². The van der Waals surface area contributed by atoms with Crippen molar-refractivity contribution >= 4 is 11.5 Å². The molecule has 0 bridgehead atoms. The normalized spacial score (nSPS) is 10.7. The number of hydrogen-bond acceptors (Lipinski definition) is 4. The molecule has 0 atom stereocenters. The Hall–Kier alpha value is -1.88. The Morgan fingerprint density at radius 3 is 3.06 bits per heavy atom. The first-order valence-corrected chi connectivity index (χ1v) is 5.41. The van der Waals surface area contributed by atoms with Crippen molar-refractivity contribution in [3.05, 3.63) is 35.9 Å². The summed E-state index contributed by atoms with van der Waals surface area (Å²) in [5, 5.41) is 8.81. The molecule has 0 saturated carbocycles. The largest absolute Gasteiger partial charge is 0.465 e. The molecule has 2 aromatic heterocycles. The van der Waals surface area contributed by atoms with Gasteiger partial charge >= 0.3 is 5.97 Å². The van der Waals surface area contributed by atoms with Crippen molar-refractivity contribution in [3.8, 4) is 0 Å². The van der Waals surface area contributed by atoms with Gasteiger partial charge in [-0.1, -0.05) is 0 Å². The van der Waals surface area contributed by atoms with Crippen LogP contribution in [-0.4, -0.2) is 34.2 Å². The molecule has 2 rings (SSSR count). The summed E-state index contributed by atoms with van der Waals surface area (Å²) in [5.74, 6) is 0.466. The Morgan fingerprint density at radius 1 is 1.53 bits per heavy atom. The summed E-state index contributed by atoms with van der Waals surface area (Å²) in [6.07, 6.45) is 4.78. The standard InChI is InChI=1S/C12H14N2O3/c1-17-12(16)9-4-5-10-7-13-11(3-2-6-15)14(10)8-9/h4-5,7-8,15H,2-3,6H2,1H3. The number of rotatable bonds is 4. The minimum Gasteiger partial charge on any atom is -0.465 e. The van der Waals surface area contributed by atoms with E-state index in [9.17, 15) is 4.79 Å². The lowest BCUT2D eigenvalue weighted by Crippen LogP contribution is -2.04. The molecular formula is C12H14N2O3. The molecule has 0 radical (unpaired) electrons. The van der Waals surface area contributed by atoms with Gasteiger partial charge in [0.2, 0.25) is 0 Å². The molecule has 0 aliphatic carbocycles. The number of aliphatic hydroxyl groups is 1. The van der Waals surface area contributed by atoms with Crippen LogP contribution < -0.4 is 0 Å². The summed E-state index contributed by atoms with van der Waals surface area (Å²) >= 11 is 0. The third-order valence-electron chi connectivity index (χ3n) is 2.58. The van der Waals surface area contributed by atoms with Gasteiger partial charge in [-0.3, -0.25) is 0 Å². The molecule has 90 valence electrons. The molecule has 0 saturated heterocycles. The molecule has 1 N–H and O–H groups in total. The SMILES string of the molecule is COC(=O)c1ccc2cnc(CCCO)n2c1. The van der Waals surface area contributed by atoms with Crippen molar-refractivity contribution in [2.24, 2.45) is 0 Å². The van der Waals surface area contributed by atoms with Gasteiger partial charge in [-0.15, -0.1) is 0 Å². The van der Waals surface area contributed by atoms with Crippen molar-refractivity contribution < 1.29 is 14.6 Å². The lowest BCUT2D eigenvalue weighted by Gasteiger charge is -2.03. The van der Waals surface area contributed by atoms with Crippen LogP contribution in [0.25, 0.3) is 5.52 Å². The number of carbonyl (C=O) groups is 1. The van der Waals surface area contributed by atoms with Gasteiger partial charge in [0.15, 0.2) is 0 Å². The Balaban J connectivity index is 2.39. The van der Waals surface area contributed by atoms with Crippen molar-refractivity contribution in [3.63, 3.8) is 0 Å². The highest BCUT2D eigenvalue weighted by Crippen LogP contribution is 2.11. The van der Waals surface area contributed by atoms with Gasteiger partial charge < -0.3 is 14.2 Å². The number of hydrogen-bond donors (Lipinski definition) is 1. The average molecular weight is 234 g/mol. The van der Waals surface area contributed by atoms with E-state index in [2.05, 4.69) is 9.72 Å². The van der Waals surface area contributed by atoms with Crippen LogP contribution in [0, 0.1) is 0 Å². The van der Waals surface area contributed by atoms with Gasteiger partial charge in [-0.05, 0) is 18.6 Å². The van der Waals surface area contributed by atoms with E-state index >= 15 is 0 Å². The number of imidazole rings is 1. The lowest BCUT2D eigenvalue weighted by atomic mass is 10.2. The molecular weight excluding hydrogens is 220 g/mol. The van der Waals surface area contributed by atoms with Crippen molar-refractivity contribution in [2.45, 2.75) is 12.8 Å². The zero-order valence-electron chi connectivity index (χ0n) is 9.59. The van der Waals surface area contributed by atoms with Gasteiger partial charge in [0.25, 0.3) is 0 Å². The quantitative estimate of drug-likeness (QED) is 0.803. The van der Waals surface area contributed by atoms with Gasteiger partial charge in [0.1, 0.15) is 5.82 Å². The molecule has 0 aliphatic heterocycles. The van der Waals surface area contributed by atoms with Crippen molar-refractivity contribution in [1.82, 2.24) is 9.38 Å². The minimum absolute atomic E-state index is 0.131. The maximum absolute atomic E-state index is 11.4. The molecule has 0 aromatic carbocycles. The van der Waals surface area contributed by atoms with Crippen LogP contribution in [0.5, 0.6) is 0 Å². The van der Waals surface area contributed by atoms with Gasteiger partial charge in [0, 0.05) is 19.2 Å². The number of carbonyl (C=O) groups excluding carboxylic acids is 1. The molecule has 2 aromatic rings. The zero-order valence-corrected chi connectivity index (χ0v) is 9.59. The fourth-order valence-corrected chi connectivity index (χ4v) is 1.70. The number of fused-ring (bicyclic) bond motifs is 1. The highest BCUT2D eigenvalue weighted by Gasteiger charge is 2.08. The number of pyridine rings is 1. The molecule has 17 heavy (non-hydrogen) atoms. The molecule has 0 fully saturated rings. The summed E-state index contributed by atoms with van der Waals surface area (Å²) in [7, 11) is 1.35. The summed E-state index contributed by atoms with van der Waals surface area (Å²) in [6.45, 7) is 0.131. The van der Waals surface area contributed by atoms with Crippen LogP contribution in [0.15, 0.2) is 24.5 Å². The molecule has 5 nitrogen and oxygen atoms in total. The van der Waals surface area contributed by atoms with E-state index in [1.54, 1.807) is 18.5 Å². The highest BCUT2D eigenvalue weighted by atomic mass is 16.5. The Kier molecular flexibility index (Phi) is 3.39. The second kappa shape index (κ2) is 4.97. The van der Waals surface area contributed by atoms with E-state index in [4.69, 9.17) is 5.11 Å². The Bertz CT molecular complexity index is 534. The third kappa shape index (κ3) is 2.29. The second-order valence-corrected chi connectivity index (χ2v) is 3.71. The van der Waals surface area contributed by atoms with Crippen LogP contribution in [-0.2, 0) is 11.2 Å². The van der Waals surface area contributed by atoms with Crippen molar-refractivity contribution in [2.75, 3.05) is 13.7 Å².